The Kier molecular flexibility index (Phi) is 2.49. The zero-order valence-electron chi connectivity index (χ0n) is 10.4. The molecule has 2 saturated carbocycles. The third-order valence-electron chi connectivity index (χ3n) is 4.73. The summed E-state index contributed by atoms with van der Waals surface area (Å²) in [7, 11) is 0. The second kappa shape index (κ2) is 3.82. The first-order valence-electron chi connectivity index (χ1n) is 6.44. The Morgan fingerprint density at radius 1 is 1.17 bits per heavy atom. The van der Waals surface area contributed by atoms with E-state index in [0.717, 1.165) is 24.0 Å². The van der Waals surface area contributed by atoms with Crippen molar-refractivity contribution in [1.82, 2.24) is 0 Å². The standard InChI is InChI=1S/C15H18O3/c1-7-4-5-10-8(2)6-11-13(14(16)12(7)10)9(3)15(17)18-11/h10-14,16H,1-6H2/t10-,11+,12-,13+,14+/m0/s1. The average molecular weight is 246 g/mol. The van der Waals surface area contributed by atoms with Gasteiger partial charge in [0.15, 0.2) is 0 Å². The molecule has 5 atom stereocenters. The first-order valence-corrected chi connectivity index (χ1v) is 6.44. The van der Waals surface area contributed by atoms with Gasteiger partial charge in [-0.05, 0) is 18.8 Å². The van der Waals surface area contributed by atoms with Crippen LogP contribution >= 0.6 is 0 Å². The van der Waals surface area contributed by atoms with E-state index in [-0.39, 0.29) is 29.8 Å². The number of ether oxygens (including phenoxy) is 1. The number of fused-ring (bicyclic) bond motifs is 2. The van der Waals surface area contributed by atoms with Gasteiger partial charge >= 0.3 is 5.97 Å². The molecule has 1 N–H and O–H groups in total. The van der Waals surface area contributed by atoms with Gasteiger partial charge in [-0.25, -0.2) is 4.79 Å². The van der Waals surface area contributed by atoms with Crippen molar-refractivity contribution >= 4 is 5.97 Å². The van der Waals surface area contributed by atoms with Crippen molar-refractivity contribution in [1.29, 1.82) is 0 Å². The van der Waals surface area contributed by atoms with E-state index in [1.807, 2.05) is 0 Å². The molecule has 3 aliphatic rings. The fraction of sp³-hybridized carbons (Fsp3) is 0.533. The zero-order valence-corrected chi connectivity index (χ0v) is 10.4. The lowest BCUT2D eigenvalue weighted by atomic mass is 9.80. The summed E-state index contributed by atoms with van der Waals surface area (Å²) in [5.41, 5.74) is 2.55. The fourth-order valence-electron chi connectivity index (χ4n) is 3.78. The Hall–Kier alpha value is -1.35. The summed E-state index contributed by atoms with van der Waals surface area (Å²) in [6.07, 6.45) is 1.67. The SMILES string of the molecule is C=C1CC[C@H]2C(=C)C[C@H]3OC(=O)C(=C)[C@H]3[C@H](O)[C@@H]12. The molecule has 0 aromatic heterocycles. The highest BCUT2D eigenvalue weighted by molar-refractivity contribution is 5.91. The lowest BCUT2D eigenvalue weighted by Crippen LogP contribution is -2.34. The molecule has 0 aromatic carbocycles. The van der Waals surface area contributed by atoms with Gasteiger partial charge in [0.25, 0.3) is 0 Å². The lowest BCUT2D eigenvalue weighted by Gasteiger charge is -2.27. The minimum Gasteiger partial charge on any atom is -0.458 e. The molecular formula is C15H18O3. The average Bonchev–Trinajstić information content (AvgIpc) is 2.78. The van der Waals surface area contributed by atoms with Crippen LogP contribution in [-0.2, 0) is 9.53 Å². The van der Waals surface area contributed by atoms with Crippen molar-refractivity contribution in [3.8, 4) is 0 Å². The van der Waals surface area contributed by atoms with E-state index in [2.05, 4.69) is 19.7 Å². The van der Waals surface area contributed by atoms with Crippen molar-refractivity contribution in [2.24, 2.45) is 17.8 Å². The van der Waals surface area contributed by atoms with E-state index in [1.165, 1.54) is 0 Å². The Bertz CT molecular complexity index is 462. The predicted molar refractivity (Wildman–Crippen MR) is 67.6 cm³/mol. The normalized spacial score (nSPS) is 43.5. The molecular weight excluding hydrogens is 228 g/mol. The van der Waals surface area contributed by atoms with Gasteiger partial charge in [0.2, 0.25) is 0 Å². The molecule has 0 unspecified atom stereocenters. The van der Waals surface area contributed by atoms with E-state index in [4.69, 9.17) is 4.74 Å². The van der Waals surface area contributed by atoms with E-state index in [1.54, 1.807) is 0 Å². The van der Waals surface area contributed by atoms with E-state index in [9.17, 15) is 9.90 Å². The molecule has 1 saturated heterocycles. The molecule has 2 aliphatic carbocycles. The van der Waals surface area contributed by atoms with Crippen LogP contribution in [0.25, 0.3) is 0 Å². The molecule has 3 nitrogen and oxygen atoms in total. The van der Waals surface area contributed by atoms with Crippen LogP contribution in [0.3, 0.4) is 0 Å². The first-order chi connectivity index (χ1) is 8.50. The van der Waals surface area contributed by atoms with Crippen LogP contribution in [0.2, 0.25) is 0 Å². The van der Waals surface area contributed by atoms with Gasteiger partial charge in [0.1, 0.15) is 6.10 Å². The minimum atomic E-state index is -0.617. The highest BCUT2D eigenvalue weighted by Crippen LogP contribution is 2.50. The van der Waals surface area contributed by atoms with Crippen molar-refractivity contribution in [3.63, 3.8) is 0 Å². The number of rotatable bonds is 0. The molecule has 1 aliphatic heterocycles. The molecule has 1 heterocycles. The van der Waals surface area contributed by atoms with Crippen molar-refractivity contribution < 1.29 is 14.6 Å². The smallest absolute Gasteiger partial charge is 0.334 e. The van der Waals surface area contributed by atoms with Crippen molar-refractivity contribution in [2.45, 2.75) is 31.5 Å². The summed E-state index contributed by atoms with van der Waals surface area (Å²) in [5, 5.41) is 10.6. The number of carbonyl (C=O) groups is 1. The van der Waals surface area contributed by atoms with Gasteiger partial charge in [-0.15, -0.1) is 0 Å². The zero-order chi connectivity index (χ0) is 13.0. The fourth-order valence-corrected chi connectivity index (χ4v) is 3.78. The minimum absolute atomic E-state index is 0.0127. The summed E-state index contributed by atoms with van der Waals surface area (Å²) >= 11 is 0. The molecule has 18 heavy (non-hydrogen) atoms. The highest BCUT2D eigenvalue weighted by atomic mass is 16.6. The molecule has 0 amide bonds. The highest BCUT2D eigenvalue weighted by Gasteiger charge is 2.52. The molecule has 0 bridgehead atoms. The topological polar surface area (TPSA) is 46.5 Å². The third-order valence-corrected chi connectivity index (χ3v) is 4.73. The number of hydrogen-bond donors (Lipinski definition) is 1. The molecule has 3 heteroatoms. The van der Waals surface area contributed by atoms with Crippen LogP contribution in [0.15, 0.2) is 36.5 Å². The van der Waals surface area contributed by atoms with Crippen LogP contribution in [-0.4, -0.2) is 23.3 Å². The van der Waals surface area contributed by atoms with E-state index < -0.39 is 6.10 Å². The molecule has 0 aromatic rings. The molecule has 3 fully saturated rings. The van der Waals surface area contributed by atoms with Gasteiger partial charge in [-0.3, -0.25) is 0 Å². The van der Waals surface area contributed by atoms with Gasteiger partial charge in [-0.2, -0.15) is 0 Å². The second-order valence-corrected chi connectivity index (χ2v) is 5.68. The maximum absolute atomic E-state index is 11.6. The summed E-state index contributed by atoms with van der Waals surface area (Å²) in [4.78, 5) is 11.6. The molecule has 0 spiro atoms. The Labute approximate surface area is 107 Å². The maximum atomic E-state index is 11.6. The molecule has 96 valence electrons. The Balaban J connectivity index is 2.01. The van der Waals surface area contributed by atoms with E-state index in [0.29, 0.717) is 12.0 Å². The first kappa shape index (κ1) is 11.7. The van der Waals surface area contributed by atoms with Crippen LogP contribution in [0.5, 0.6) is 0 Å². The molecule has 3 rings (SSSR count). The van der Waals surface area contributed by atoms with Crippen LogP contribution in [0, 0.1) is 17.8 Å². The van der Waals surface area contributed by atoms with Gasteiger partial charge < -0.3 is 9.84 Å². The number of esters is 1. The predicted octanol–water partition coefficient (Wildman–Crippen LogP) is 1.99. The van der Waals surface area contributed by atoms with Gasteiger partial charge in [0, 0.05) is 17.9 Å². The van der Waals surface area contributed by atoms with E-state index >= 15 is 0 Å². The monoisotopic (exact) mass is 246 g/mol. The largest absolute Gasteiger partial charge is 0.458 e. The van der Waals surface area contributed by atoms with Crippen molar-refractivity contribution in [3.05, 3.63) is 36.5 Å². The Morgan fingerprint density at radius 3 is 2.61 bits per heavy atom. The Morgan fingerprint density at radius 2 is 1.89 bits per heavy atom. The third kappa shape index (κ3) is 1.43. The second-order valence-electron chi connectivity index (χ2n) is 5.68. The van der Waals surface area contributed by atoms with Crippen LogP contribution in [0.4, 0.5) is 0 Å². The lowest BCUT2D eigenvalue weighted by molar-refractivity contribution is -0.139. The van der Waals surface area contributed by atoms with Gasteiger partial charge in [-0.1, -0.05) is 30.9 Å². The van der Waals surface area contributed by atoms with Gasteiger partial charge in [0.05, 0.1) is 12.0 Å². The maximum Gasteiger partial charge on any atom is 0.334 e. The quantitative estimate of drug-likeness (QED) is 0.404. The van der Waals surface area contributed by atoms with Crippen LogP contribution in [0.1, 0.15) is 19.3 Å². The summed E-state index contributed by atoms with van der Waals surface area (Å²) < 4.78 is 5.31. The number of aliphatic hydroxyl groups is 1. The summed E-state index contributed by atoms with van der Waals surface area (Å²) in [5.74, 6) is -0.374. The summed E-state index contributed by atoms with van der Waals surface area (Å²) in [6, 6.07) is 0. The molecule has 0 radical (unpaired) electrons. The summed E-state index contributed by atoms with van der Waals surface area (Å²) in [6.45, 7) is 12.0. The van der Waals surface area contributed by atoms with Crippen molar-refractivity contribution in [2.75, 3.05) is 0 Å². The van der Waals surface area contributed by atoms with Crippen LogP contribution < -0.4 is 0 Å². The number of hydrogen-bond acceptors (Lipinski definition) is 3. The number of aliphatic hydroxyl groups excluding tert-OH is 1. The number of carbonyl (C=O) groups excluding carboxylic acids is 1.